The number of carbonyl (C=O) groups excluding carboxylic acids is 2. The Morgan fingerprint density at radius 1 is 1.20 bits per heavy atom. The highest BCUT2D eigenvalue weighted by Crippen LogP contribution is 2.32. The smallest absolute Gasteiger partial charge is 0.253 e. The van der Waals surface area contributed by atoms with E-state index in [-0.39, 0.29) is 17.3 Å². The lowest BCUT2D eigenvalue weighted by Gasteiger charge is -2.27. The molecule has 0 atom stereocenters. The Morgan fingerprint density at radius 2 is 1.93 bits per heavy atom. The van der Waals surface area contributed by atoms with Crippen LogP contribution in [0.2, 0.25) is 0 Å². The van der Waals surface area contributed by atoms with Crippen molar-refractivity contribution in [3.8, 4) is 11.5 Å². The molecule has 0 unspecified atom stereocenters. The van der Waals surface area contributed by atoms with E-state index in [1.54, 1.807) is 18.3 Å². The van der Waals surface area contributed by atoms with Crippen LogP contribution in [0.4, 0.5) is 4.39 Å². The summed E-state index contributed by atoms with van der Waals surface area (Å²) in [4.78, 5) is 33.3. The zero-order valence-corrected chi connectivity index (χ0v) is 24.3. The van der Waals surface area contributed by atoms with Crippen LogP contribution in [0.15, 0.2) is 59.5 Å². The summed E-state index contributed by atoms with van der Waals surface area (Å²) in [6, 6.07) is 10.4. The quantitative estimate of drug-likeness (QED) is 0.288. The van der Waals surface area contributed by atoms with Crippen LogP contribution in [0.25, 0.3) is 10.9 Å². The van der Waals surface area contributed by atoms with E-state index in [2.05, 4.69) is 20.6 Å². The predicted octanol–water partition coefficient (Wildman–Crippen LogP) is 4.48. The zero-order chi connectivity index (χ0) is 30.0. The summed E-state index contributed by atoms with van der Waals surface area (Å²) in [5.74, 6) is 0.738. The van der Waals surface area contributed by atoms with Gasteiger partial charge < -0.3 is 26.0 Å². The molecule has 0 bridgehead atoms. The second-order valence-corrected chi connectivity index (χ2v) is 10.6. The summed E-state index contributed by atoms with van der Waals surface area (Å²) < 4.78 is 20.3. The third kappa shape index (κ3) is 8.84. The van der Waals surface area contributed by atoms with Gasteiger partial charge in [-0.25, -0.2) is 4.39 Å². The number of aliphatic imine (C=N–C) groups is 1. The van der Waals surface area contributed by atoms with Crippen LogP contribution in [0.3, 0.4) is 0 Å². The lowest BCUT2D eigenvalue weighted by molar-refractivity contribution is -0.108. The fourth-order valence-electron chi connectivity index (χ4n) is 4.08. The third-order valence-corrected chi connectivity index (χ3v) is 6.29. The van der Waals surface area contributed by atoms with Crippen molar-refractivity contribution in [3.05, 3.63) is 77.0 Å². The van der Waals surface area contributed by atoms with E-state index < -0.39 is 0 Å². The van der Waals surface area contributed by atoms with Crippen molar-refractivity contribution in [2.75, 3.05) is 26.2 Å². The van der Waals surface area contributed by atoms with Crippen LogP contribution in [0, 0.1) is 12.7 Å². The van der Waals surface area contributed by atoms with Crippen LogP contribution in [-0.4, -0.2) is 60.1 Å². The van der Waals surface area contributed by atoms with E-state index in [1.165, 1.54) is 18.5 Å². The van der Waals surface area contributed by atoms with E-state index >= 15 is 0 Å². The molecule has 4 rings (SSSR count). The van der Waals surface area contributed by atoms with Crippen molar-refractivity contribution >= 4 is 29.4 Å². The molecule has 2 amide bonds. The number of benzene rings is 2. The molecule has 9 nitrogen and oxygen atoms in total. The number of hydrogen-bond acceptors (Lipinski definition) is 7. The fourth-order valence-corrected chi connectivity index (χ4v) is 4.08. The average Bonchev–Trinajstić information content (AvgIpc) is 2.96. The Labute approximate surface area is 240 Å². The van der Waals surface area contributed by atoms with Crippen molar-refractivity contribution in [2.45, 2.75) is 46.6 Å². The minimum absolute atomic E-state index is 0.00210. The Morgan fingerprint density at radius 3 is 2.56 bits per heavy atom. The molecule has 2 heterocycles. The van der Waals surface area contributed by atoms with Crippen molar-refractivity contribution in [1.82, 2.24) is 20.5 Å². The topological polar surface area (TPSA) is 122 Å². The Bertz CT molecular complexity index is 1430. The first-order valence-electron chi connectivity index (χ1n) is 13.6. The van der Waals surface area contributed by atoms with Crippen LogP contribution in [-0.2, 0) is 11.2 Å². The molecule has 1 aliphatic rings. The van der Waals surface area contributed by atoms with Crippen LogP contribution in [0.1, 0.15) is 49.2 Å². The van der Waals surface area contributed by atoms with Gasteiger partial charge in [0.05, 0.1) is 16.8 Å². The van der Waals surface area contributed by atoms with E-state index in [9.17, 15) is 14.0 Å². The third-order valence-electron chi connectivity index (χ3n) is 6.29. The predicted molar refractivity (Wildman–Crippen MR) is 161 cm³/mol. The Balaban J connectivity index is 0.000000327. The molecule has 1 aromatic heterocycles. The SMILES string of the molecule is CC(C)(C)N=C/C(=C\N)NC=O.CCc1cc(C)c(Oc2ccnc3ccc(C(=O)N4CCNCC4)cc23)cc1F. The summed E-state index contributed by atoms with van der Waals surface area (Å²) in [6.07, 6.45) is 5.68. The lowest BCUT2D eigenvalue weighted by atomic mass is 10.1. The number of nitrogens with one attached hydrogen (secondary N) is 2. The number of nitrogens with zero attached hydrogens (tertiary/aromatic N) is 3. The van der Waals surface area contributed by atoms with Gasteiger partial charge >= 0.3 is 0 Å². The van der Waals surface area contributed by atoms with Crippen molar-refractivity contribution in [2.24, 2.45) is 10.7 Å². The highest BCUT2D eigenvalue weighted by molar-refractivity contribution is 5.99. The summed E-state index contributed by atoms with van der Waals surface area (Å²) in [5.41, 5.74) is 8.41. The second kappa shape index (κ2) is 14.4. The fraction of sp³-hybridized carbons (Fsp3) is 0.355. The number of halogens is 1. The molecular formula is C31H39FN6O3. The number of amides is 2. The Kier molecular flexibility index (Phi) is 10.9. The van der Waals surface area contributed by atoms with Gasteiger partial charge in [0.1, 0.15) is 17.3 Å². The molecule has 1 aliphatic heterocycles. The number of allylic oxidation sites excluding steroid dienone is 1. The number of rotatable bonds is 7. The first-order valence-corrected chi connectivity index (χ1v) is 13.6. The first-order chi connectivity index (χ1) is 19.6. The number of fused-ring (bicyclic) bond motifs is 1. The Hall–Kier alpha value is -4.31. The van der Waals surface area contributed by atoms with Crippen LogP contribution in [0.5, 0.6) is 11.5 Å². The van der Waals surface area contributed by atoms with Crippen LogP contribution < -0.4 is 21.1 Å². The van der Waals surface area contributed by atoms with Crippen molar-refractivity contribution in [1.29, 1.82) is 0 Å². The van der Waals surface area contributed by atoms with Crippen LogP contribution >= 0.6 is 0 Å². The van der Waals surface area contributed by atoms with E-state index in [4.69, 9.17) is 10.5 Å². The minimum atomic E-state index is -0.277. The number of aryl methyl sites for hydroxylation is 2. The summed E-state index contributed by atoms with van der Waals surface area (Å²) >= 11 is 0. The monoisotopic (exact) mass is 562 g/mol. The molecule has 10 heteroatoms. The lowest BCUT2D eigenvalue weighted by Crippen LogP contribution is -2.46. The standard InChI is InChI=1S/C23H24FN3O2.C8H15N3O/c1-3-16-12-15(2)22(14-19(16)24)29-21-6-7-26-20-5-4-17(13-18(20)21)23(28)27-10-8-25-9-11-27;1-8(2,3)11-5-7(4-9)10-6-12/h4-7,12-14,25H,3,8-11H2,1-2H3;4-6H,9H2,1-3H3,(H,10,12)/b;7-4+,11-5?. The molecule has 41 heavy (non-hydrogen) atoms. The molecule has 3 aromatic rings. The molecule has 2 aromatic carbocycles. The zero-order valence-electron chi connectivity index (χ0n) is 24.3. The average molecular weight is 563 g/mol. The maximum absolute atomic E-state index is 14.3. The number of carbonyl (C=O) groups is 2. The molecular weight excluding hydrogens is 523 g/mol. The van der Waals surface area contributed by atoms with E-state index in [1.807, 2.05) is 57.7 Å². The second-order valence-electron chi connectivity index (χ2n) is 10.6. The van der Waals surface area contributed by atoms with E-state index in [0.29, 0.717) is 54.2 Å². The van der Waals surface area contributed by atoms with Gasteiger partial charge in [-0.3, -0.25) is 19.6 Å². The highest BCUT2D eigenvalue weighted by atomic mass is 19.1. The van der Waals surface area contributed by atoms with Gasteiger partial charge in [-0.05, 0) is 75.6 Å². The first kappa shape index (κ1) is 31.2. The number of nitrogens with two attached hydrogens (primary N) is 1. The van der Waals surface area contributed by atoms with Crippen molar-refractivity contribution in [3.63, 3.8) is 0 Å². The number of hydrogen-bond donors (Lipinski definition) is 3. The normalized spacial score (nSPS) is 14.0. The number of pyridine rings is 1. The van der Waals surface area contributed by atoms with Gasteiger partial charge in [-0.15, -0.1) is 0 Å². The van der Waals surface area contributed by atoms with Gasteiger partial charge in [0.15, 0.2) is 0 Å². The maximum atomic E-state index is 14.3. The van der Waals surface area contributed by atoms with Gasteiger partial charge in [0, 0.05) is 61.8 Å². The molecule has 0 aliphatic carbocycles. The minimum Gasteiger partial charge on any atom is -0.456 e. The molecule has 218 valence electrons. The number of aromatic nitrogens is 1. The summed E-state index contributed by atoms with van der Waals surface area (Å²) in [6.45, 7) is 12.7. The highest BCUT2D eigenvalue weighted by Gasteiger charge is 2.19. The number of ether oxygens (including phenoxy) is 1. The summed E-state index contributed by atoms with van der Waals surface area (Å²) in [5, 5.41) is 6.39. The van der Waals surface area contributed by atoms with Gasteiger partial charge in [0.2, 0.25) is 6.41 Å². The van der Waals surface area contributed by atoms with Gasteiger partial charge in [0.25, 0.3) is 5.91 Å². The van der Waals surface area contributed by atoms with Gasteiger partial charge in [-0.1, -0.05) is 6.92 Å². The largest absolute Gasteiger partial charge is 0.456 e. The number of piperazine rings is 1. The molecule has 0 radical (unpaired) electrons. The van der Waals surface area contributed by atoms with Gasteiger partial charge in [-0.2, -0.15) is 0 Å². The molecule has 1 fully saturated rings. The maximum Gasteiger partial charge on any atom is 0.253 e. The molecule has 0 saturated carbocycles. The molecule has 0 spiro atoms. The van der Waals surface area contributed by atoms with Crippen molar-refractivity contribution < 1.29 is 18.7 Å². The molecule has 4 N–H and O–H groups in total. The van der Waals surface area contributed by atoms with E-state index in [0.717, 1.165) is 29.6 Å². The summed E-state index contributed by atoms with van der Waals surface area (Å²) in [7, 11) is 0. The molecule has 1 saturated heterocycles.